The van der Waals surface area contributed by atoms with Gasteiger partial charge in [0, 0.05) is 15.9 Å². The first-order valence-corrected chi connectivity index (χ1v) is 8.33. The molecule has 1 heterocycles. The van der Waals surface area contributed by atoms with Crippen LogP contribution < -0.4 is 5.73 Å². The van der Waals surface area contributed by atoms with E-state index in [0.717, 1.165) is 25.8 Å². The highest BCUT2D eigenvalue weighted by molar-refractivity contribution is 9.10. The number of para-hydroxylation sites is 1. The molecule has 0 amide bonds. The normalized spacial score (nSPS) is 11.0. The maximum absolute atomic E-state index is 5.84. The number of hydrogen-bond donors (Lipinski definition) is 1. The third-order valence-corrected chi connectivity index (χ3v) is 5.32. The molecular formula is C14H11BrN2S2. The fourth-order valence-corrected chi connectivity index (χ4v) is 4.37. The Hall–Kier alpha value is -1.04. The van der Waals surface area contributed by atoms with Crippen molar-refractivity contribution in [1.82, 2.24) is 4.98 Å². The first-order chi connectivity index (χ1) is 9.20. The zero-order valence-corrected chi connectivity index (χ0v) is 13.2. The second kappa shape index (κ2) is 5.53. The summed E-state index contributed by atoms with van der Waals surface area (Å²) in [7, 11) is 0. The highest BCUT2D eigenvalue weighted by Crippen LogP contribution is 2.32. The van der Waals surface area contributed by atoms with Gasteiger partial charge in [-0.25, -0.2) is 4.98 Å². The number of hydrogen-bond acceptors (Lipinski definition) is 4. The molecule has 0 saturated carbocycles. The van der Waals surface area contributed by atoms with Crippen LogP contribution in [0.3, 0.4) is 0 Å². The molecule has 2 N–H and O–H groups in total. The molecular weight excluding hydrogens is 340 g/mol. The van der Waals surface area contributed by atoms with Gasteiger partial charge in [-0.15, -0.1) is 11.3 Å². The van der Waals surface area contributed by atoms with Crippen LogP contribution in [0, 0.1) is 0 Å². The molecule has 0 spiro atoms. The Morgan fingerprint density at radius 2 is 2.05 bits per heavy atom. The lowest BCUT2D eigenvalue weighted by molar-refractivity contribution is 1.29. The molecule has 96 valence electrons. The van der Waals surface area contributed by atoms with E-state index < -0.39 is 0 Å². The monoisotopic (exact) mass is 350 g/mol. The van der Waals surface area contributed by atoms with Crippen LogP contribution >= 0.6 is 39.0 Å². The predicted octanol–water partition coefficient (Wildman–Crippen LogP) is 4.93. The average Bonchev–Trinajstić information content (AvgIpc) is 2.78. The summed E-state index contributed by atoms with van der Waals surface area (Å²) >= 11 is 6.95. The second-order valence-corrected chi connectivity index (χ2v) is 7.30. The maximum atomic E-state index is 5.84. The lowest BCUT2D eigenvalue weighted by Gasteiger charge is -2.02. The van der Waals surface area contributed by atoms with Crippen molar-refractivity contribution in [3.63, 3.8) is 0 Å². The van der Waals surface area contributed by atoms with E-state index in [2.05, 4.69) is 33.0 Å². The lowest BCUT2D eigenvalue weighted by Crippen LogP contribution is -1.88. The Bertz CT molecular complexity index is 671. The molecule has 0 bridgehead atoms. The molecule has 5 heteroatoms. The van der Waals surface area contributed by atoms with Crippen LogP contribution in [0.25, 0.3) is 10.2 Å². The minimum Gasteiger partial charge on any atom is -0.399 e. The summed E-state index contributed by atoms with van der Waals surface area (Å²) in [5.41, 5.74) is 8.90. The highest BCUT2D eigenvalue weighted by atomic mass is 79.9. The summed E-state index contributed by atoms with van der Waals surface area (Å²) < 4.78 is 3.35. The highest BCUT2D eigenvalue weighted by Gasteiger charge is 2.05. The zero-order valence-electron chi connectivity index (χ0n) is 9.97. The van der Waals surface area contributed by atoms with E-state index in [4.69, 9.17) is 5.73 Å². The molecule has 2 nitrogen and oxygen atoms in total. The van der Waals surface area contributed by atoms with Crippen molar-refractivity contribution in [2.45, 2.75) is 10.1 Å². The summed E-state index contributed by atoms with van der Waals surface area (Å²) in [6.45, 7) is 0. The van der Waals surface area contributed by atoms with Gasteiger partial charge in [0.15, 0.2) is 4.34 Å². The van der Waals surface area contributed by atoms with E-state index in [0.29, 0.717) is 0 Å². The van der Waals surface area contributed by atoms with Crippen molar-refractivity contribution < 1.29 is 0 Å². The van der Waals surface area contributed by atoms with Crippen molar-refractivity contribution in [3.8, 4) is 0 Å². The number of aromatic nitrogens is 1. The van der Waals surface area contributed by atoms with Crippen molar-refractivity contribution in [2.24, 2.45) is 0 Å². The fraction of sp³-hybridized carbons (Fsp3) is 0.0714. The third-order valence-electron chi connectivity index (χ3n) is 2.62. The molecule has 19 heavy (non-hydrogen) atoms. The van der Waals surface area contributed by atoms with Crippen LogP contribution in [0.2, 0.25) is 0 Å². The molecule has 3 aromatic rings. The van der Waals surface area contributed by atoms with Gasteiger partial charge in [-0.1, -0.05) is 39.8 Å². The molecule has 3 rings (SSSR count). The van der Waals surface area contributed by atoms with Crippen LogP contribution in [0.1, 0.15) is 5.56 Å². The number of benzene rings is 2. The van der Waals surface area contributed by atoms with Crippen molar-refractivity contribution in [3.05, 3.63) is 52.5 Å². The lowest BCUT2D eigenvalue weighted by atomic mass is 10.2. The van der Waals surface area contributed by atoms with Gasteiger partial charge in [0.05, 0.1) is 10.2 Å². The first-order valence-electron chi connectivity index (χ1n) is 5.74. The van der Waals surface area contributed by atoms with Gasteiger partial charge >= 0.3 is 0 Å². The Morgan fingerprint density at radius 3 is 2.84 bits per heavy atom. The molecule has 2 aromatic carbocycles. The number of nitrogen functional groups attached to an aromatic ring is 1. The average molecular weight is 351 g/mol. The largest absolute Gasteiger partial charge is 0.399 e. The smallest absolute Gasteiger partial charge is 0.151 e. The maximum Gasteiger partial charge on any atom is 0.151 e. The van der Waals surface area contributed by atoms with Crippen molar-refractivity contribution in [2.75, 3.05) is 5.73 Å². The zero-order chi connectivity index (χ0) is 13.2. The second-order valence-electron chi connectivity index (χ2n) is 4.13. The topological polar surface area (TPSA) is 38.9 Å². The number of halogens is 1. The minimum atomic E-state index is 0.786. The van der Waals surface area contributed by atoms with E-state index >= 15 is 0 Å². The number of thioether (sulfide) groups is 1. The SMILES string of the molecule is Nc1cc(Br)cc(CSc2nc3ccccc3s2)c1. The summed E-state index contributed by atoms with van der Waals surface area (Å²) in [6.07, 6.45) is 0. The Balaban J connectivity index is 1.78. The van der Waals surface area contributed by atoms with Gasteiger partial charge in [0.2, 0.25) is 0 Å². The van der Waals surface area contributed by atoms with Crippen LogP contribution in [0.4, 0.5) is 5.69 Å². The van der Waals surface area contributed by atoms with Crippen LogP contribution in [-0.4, -0.2) is 4.98 Å². The molecule has 0 unspecified atom stereocenters. The summed E-state index contributed by atoms with van der Waals surface area (Å²) in [6, 6.07) is 14.2. The number of nitrogens with two attached hydrogens (primary N) is 1. The van der Waals surface area contributed by atoms with Crippen LogP contribution in [0.15, 0.2) is 51.3 Å². The van der Waals surface area contributed by atoms with Crippen molar-refractivity contribution >= 4 is 54.9 Å². The van der Waals surface area contributed by atoms with Gasteiger partial charge in [-0.2, -0.15) is 0 Å². The molecule has 0 saturated heterocycles. The fourth-order valence-electron chi connectivity index (χ4n) is 1.82. The summed E-state index contributed by atoms with van der Waals surface area (Å²) in [5.74, 6) is 0.878. The molecule has 1 aromatic heterocycles. The standard InChI is InChI=1S/C14H11BrN2S2/c15-10-5-9(6-11(16)7-10)8-18-14-17-12-3-1-2-4-13(12)19-14/h1-7H,8,16H2. The van der Waals surface area contributed by atoms with Gasteiger partial charge in [-0.05, 0) is 35.9 Å². The molecule has 0 fully saturated rings. The number of rotatable bonds is 3. The number of nitrogens with zero attached hydrogens (tertiary/aromatic N) is 1. The van der Waals surface area contributed by atoms with E-state index in [1.54, 1.807) is 23.1 Å². The van der Waals surface area contributed by atoms with E-state index in [1.165, 1.54) is 10.3 Å². The van der Waals surface area contributed by atoms with E-state index in [1.807, 2.05) is 30.3 Å². The van der Waals surface area contributed by atoms with Gasteiger partial charge < -0.3 is 5.73 Å². The van der Waals surface area contributed by atoms with Crippen molar-refractivity contribution in [1.29, 1.82) is 0 Å². The Labute approximate surface area is 128 Å². The molecule has 0 aliphatic carbocycles. The molecule has 0 aliphatic heterocycles. The van der Waals surface area contributed by atoms with Crippen LogP contribution in [-0.2, 0) is 5.75 Å². The van der Waals surface area contributed by atoms with Gasteiger partial charge in [0.1, 0.15) is 0 Å². The van der Waals surface area contributed by atoms with Crippen LogP contribution in [0.5, 0.6) is 0 Å². The molecule has 0 aliphatic rings. The summed E-state index contributed by atoms with van der Waals surface area (Å²) in [5, 5.41) is 0. The number of anilines is 1. The number of fused-ring (bicyclic) bond motifs is 1. The predicted molar refractivity (Wildman–Crippen MR) is 87.7 cm³/mol. The third kappa shape index (κ3) is 3.11. The van der Waals surface area contributed by atoms with E-state index in [9.17, 15) is 0 Å². The Morgan fingerprint density at radius 1 is 1.21 bits per heavy atom. The quantitative estimate of drug-likeness (QED) is 0.537. The van der Waals surface area contributed by atoms with Gasteiger partial charge in [-0.3, -0.25) is 0 Å². The van der Waals surface area contributed by atoms with E-state index in [-0.39, 0.29) is 0 Å². The summed E-state index contributed by atoms with van der Waals surface area (Å²) in [4.78, 5) is 4.61. The number of thiazole rings is 1. The molecule has 0 radical (unpaired) electrons. The molecule has 0 atom stereocenters. The first kappa shape index (κ1) is 13.0. The van der Waals surface area contributed by atoms with Gasteiger partial charge in [0.25, 0.3) is 0 Å². The Kier molecular flexibility index (Phi) is 3.77. The minimum absolute atomic E-state index is 0.786.